The van der Waals surface area contributed by atoms with E-state index in [-0.39, 0.29) is 11.5 Å². The second-order valence-electron chi connectivity index (χ2n) is 6.23. The molecular weight excluding hydrogens is 342 g/mol. The second kappa shape index (κ2) is 8.64. The molecule has 3 rings (SSSR count). The van der Waals surface area contributed by atoms with Gasteiger partial charge in [-0.2, -0.15) is 0 Å². The van der Waals surface area contributed by atoms with Crippen LogP contribution in [0.15, 0.2) is 47.5 Å². The van der Waals surface area contributed by atoms with Crippen molar-refractivity contribution in [2.45, 2.75) is 20.4 Å². The first-order valence-electron chi connectivity index (χ1n) is 9.18. The molecule has 142 valence electrons. The third kappa shape index (κ3) is 4.43. The van der Waals surface area contributed by atoms with Gasteiger partial charge in [-0.1, -0.05) is 19.9 Å². The predicted molar refractivity (Wildman–Crippen MR) is 107 cm³/mol. The van der Waals surface area contributed by atoms with E-state index in [1.807, 2.05) is 30.5 Å². The van der Waals surface area contributed by atoms with Gasteiger partial charge in [0.1, 0.15) is 18.1 Å². The van der Waals surface area contributed by atoms with Crippen LogP contribution in [0.1, 0.15) is 19.5 Å². The van der Waals surface area contributed by atoms with Crippen LogP contribution in [-0.4, -0.2) is 45.7 Å². The highest BCUT2D eigenvalue weighted by molar-refractivity contribution is 5.77. The topological polar surface area (TPSA) is 86.3 Å². The Bertz CT molecular complexity index is 913. The molecule has 1 aliphatic rings. The number of nitrogen functional groups attached to an aromatic ring is 1. The highest BCUT2D eigenvalue weighted by Gasteiger charge is 2.16. The van der Waals surface area contributed by atoms with E-state index in [0.29, 0.717) is 24.6 Å². The Labute approximate surface area is 158 Å². The van der Waals surface area contributed by atoms with Gasteiger partial charge in [0.25, 0.3) is 5.56 Å². The summed E-state index contributed by atoms with van der Waals surface area (Å²) in [7, 11) is 0. The van der Waals surface area contributed by atoms with Crippen LogP contribution in [0, 0.1) is 0 Å². The summed E-state index contributed by atoms with van der Waals surface area (Å²) in [4.78, 5) is 23.3. The van der Waals surface area contributed by atoms with Gasteiger partial charge >= 0.3 is 0 Å². The lowest BCUT2D eigenvalue weighted by Crippen LogP contribution is -2.30. The first kappa shape index (κ1) is 18.8. The van der Waals surface area contributed by atoms with Crippen LogP contribution in [0.3, 0.4) is 0 Å². The van der Waals surface area contributed by atoms with E-state index < -0.39 is 0 Å². The number of ether oxygens (including phenoxy) is 1. The maximum Gasteiger partial charge on any atom is 0.251 e. The van der Waals surface area contributed by atoms with E-state index in [4.69, 9.17) is 10.5 Å². The van der Waals surface area contributed by atoms with Gasteiger partial charge in [-0.15, -0.1) is 0 Å². The molecule has 0 saturated carbocycles. The Hall–Kier alpha value is -2.93. The molecule has 1 aliphatic heterocycles. The first-order chi connectivity index (χ1) is 13.1. The molecule has 0 fully saturated rings. The minimum atomic E-state index is -0.0548. The molecule has 0 spiro atoms. The third-order valence-electron chi connectivity index (χ3n) is 4.62. The number of likely N-dealkylation sites (N-methyl/N-ethyl adjacent to an activating group) is 1. The van der Waals surface area contributed by atoms with Crippen molar-refractivity contribution in [3.63, 3.8) is 0 Å². The molecule has 2 aromatic heterocycles. The van der Waals surface area contributed by atoms with Crippen LogP contribution >= 0.6 is 0 Å². The number of pyridine rings is 1. The van der Waals surface area contributed by atoms with Crippen molar-refractivity contribution in [2.24, 2.45) is 0 Å². The van der Waals surface area contributed by atoms with Crippen LogP contribution in [0.4, 0.5) is 5.95 Å². The Morgan fingerprint density at radius 3 is 2.81 bits per heavy atom. The van der Waals surface area contributed by atoms with Crippen LogP contribution in [0.25, 0.3) is 16.9 Å². The van der Waals surface area contributed by atoms with Crippen molar-refractivity contribution in [3.05, 3.63) is 58.8 Å². The predicted octanol–water partition coefficient (Wildman–Crippen LogP) is 2.16. The molecule has 3 heterocycles. The fourth-order valence-electron chi connectivity index (χ4n) is 2.99. The lowest BCUT2D eigenvalue weighted by atomic mass is 10.1. The molecule has 0 atom stereocenters. The standard InChI is InChI=1S/C20H25N5O2/c1-3-24(4-2)10-11-25-9-8-15(13-18(25)26)16-14-22-20(21)23-19(16)17-7-5-6-12-27-17/h5-9,13-14H,3-4,10-12H2,1-2H3,(H2,21,22,23). The summed E-state index contributed by atoms with van der Waals surface area (Å²) in [5.74, 6) is 0.785. The van der Waals surface area contributed by atoms with Crippen LogP contribution in [-0.2, 0) is 11.3 Å². The van der Waals surface area contributed by atoms with E-state index in [1.165, 1.54) is 0 Å². The number of anilines is 1. The number of nitrogens with two attached hydrogens (primary N) is 1. The van der Waals surface area contributed by atoms with Gasteiger partial charge in [0.05, 0.1) is 0 Å². The summed E-state index contributed by atoms with van der Waals surface area (Å²) < 4.78 is 7.39. The summed E-state index contributed by atoms with van der Waals surface area (Å²) in [6.07, 6.45) is 9.10. The molecule has 7 nitrogen and oxygen atoms in total. The van der Waals surface area contributed by atoms with Crippen molar-refractivity contribution < 1.29 is 4.74 Å². The average Bonchev–Trinajstić information content (AvgIpc) is 2.70. The minimum Gasteiger partial charge on any atom is -0.487 e. The summed E-state index contributed by atoms with van der Waals surface area (Å²) in [6.45, 7) is 8.16. The van der Waals surface area contributed by atoms with E-state index in [0.717, 1.165) is 30.8 Å². The maximum absolute atomic E-state index is 12.6. The molecule has 0 bridgehead atoms. The van der Waals surface area contributed by atoms with Crippen molar-refractivity contribution in [3.8, 4) is 11.1 Å². The molecule has 0 aromatic carbocycles. The monoisotopic (exact) mass is 367 g/mol. The zero-order chi connectivity index (χ0) is 19.2. The van der Waals surface area contributed by atoms with Crippen molar-refractivity contribution in [2.75, 3.05) is 32.0 Å². The second-order valence-corrected chi connectivity index (χ2v) is 6.23. The molecule has 0 aliphatic carbocycles. The molecule has 0 saturated heterocycles. The number of aromatic nitrogens is 3. The van der Waals surface area contributed by atoms with E-state index >= 15 is 0 Å². The van der Waals surface area contributed by atoms with Crippen molar-refractivity contribution >= 4 is 11.7 Å². The normalized spacial score (nSPS) is 13.5. The van der Waals surface area contributed by atoms with Gasteiger partial charge in [-0.25, -0.2) is 9.97 Å². The van der Waals surface area contributed by atoms with Crippen LogP contribution in [0.2, 0.25) is 0 Å². The molecule has 0 radical (unpaired) electrons. The van der Waals surface area contributed by atoms with Gasteiger partial charge < -0.3 is 19.9 Å². The fourth-order valence-corrected chi connectivity index (χ4v) is 2.99. The lowest BCUT2D eigenvalue weighted by molar-refractivity contribution is 0.289. The third-order valence-corrected chi connectivity index (χ3v) is 4.62. The summed E-state index contributed by atoms with van der Waals surface area (Å²) in [6, 6.07) is 3.51. The molecule has 2 aromatic rings. The molecule has 7 heteroatoms. The van der Waals surface area contributed by atoms with E-state index in [1.54, 1.807) is 16.8 Å². The Kier molecular flexibility index (Phi) is 6.03. The smallest absolute Gasteiger partial charge is 0.251 e. The zero-order valence-electron chi connectivity index (χ0n) is 15.8. The number of hydrogen-bond donors (Lipinski definition) is 1. The number of rotatable bonds is 7. The summed E-state index contributed by atoms with van der Waals surface area (Å²) in [5, 5.41) is 0. The molecule has 2 N–H and O–H groups in total. The van der Waals surface area contributed by atoms with Crippen molar-refractivity contribution in [1.29, 1.82) is 0 Å². The van der Waals surface area contributed by atoms with Gasteiger partial charge in [-0.3, -0.25) is 4.79 Å². The van der Waals surface area contributed by atoms with Gasteiger partial charge in [0.2, 0.25) is 5.95 Å². The zero-order valence-corrected chi connectivity index (χ0v) is 15.8. The molecule has 0 amide bonds. The molecular formula is C20H25N5O2. The van der Waals surface area contributed by atoms with Gasteiger partial charge in [-0.05, 0) is 36.9 Å². The number of allylic oxidation sites excluding steroid dienone is 2. The highest BCUT2D eigenvalue weighted by Crippen LogP contribution is 2.28. The Morgan fingerprint density at radius 1 is 1.33 bits per heavy atom. The summed E-state index contributed by atoms with van der Waals surface area (Å²) >= 11 is 0. The SMILES string of the molecule is CCN(CC)CCn1ccc(-c2cnc(N)nc2C2=CC=CCO2)cc1=O. The van der Waals surface area contributed by atoms with E-state index in [9.17, 15) is 4.79 Å². The Morgan fingerprint density at radius 2 is 2.15 bits per heavy atom. The molecule has 0 unspecified atom stereocenters. The van der Waals surface area contributed by atoms with Crippen molar-refractivity contribution in [1.82, 2.24) is 19.4 Å². The highest BCUT2D eigenvalue weighted by atomic mass is 16.5. The van der Waals surface area contributed by atoms with Gasteiger partial charge in [0, 0.05) is 37.1 Å². The fraction of sp³-hybridized carbons (Fsp3) is 0.350. The van der Waals surface area contributed by atoms with Crippen LogP contribution < -0.4 is 11.3 Å². The molecule has 27 heavy (non-hydrogen) atoms. The maximum atomic E-state index is 12.6. The minimum absolute atomic E-state index is 0.0548. The van der Waals surface area contributed by atoms with Crippen LogP contribution in [0.5, 0.6) is 0 Å². The number of nitrogens with zero attached hydrogens (tertiary/aromatic N) is 4. The number of hydrogen-bond acceptors (Lipinski definition) is 6. The Balaban J connectivity index is 1.91. The van der Waals surface area contributed by atoms with Gasteiger partial charge in [0.15, 0.2) is 0 Å². The summed E-state index contributed by atoms with van der Waals surface area (Å²) in [5.41, 5.74) is 7.77. The average molecular weight is 367 g/mol. The quantitative estimate of drug-likeness (QED) is 0.807. The lowest BCUT2D eigenvalue weighted by Gasteiger charge is -2.18. The van der Waals surface area contributed by atoms with E-state index in [2.05, 4.69) is 28.7 Å². The largest absolute Gasteiger partial charge is 0.487 e. The first-order valence-corrected chi connectivity index (χ1v) is 9.18.